The van der Waals surface area contributed by atoms with E-state index in [9.17, 15) is 0 Å². The van der Waals surface area contributed by atoms with Gasteiger partial charge in [-0.2, -0.15) is 0 Å². The Morgan fingerprint density at radius 3 is 1.75 bits per heavy atom. The lowest BCUT2D eigenvalue weighted by molar-refractivity contribution is 0.445. The molecule has 0 amide bonds. The zero-order valence-electron chi connectivity index (χ0n) is 34.3. The number of hydrogen-bond donors (Lipinski definition) is 0. The van der Waals surface area contributed by atoms with Gasteiger partial charge in [0.1, 0.15) is 0 Å². The molecule has 0 atom stereocenters. The highest BCUT2D eigenvalue weighted by Crippen LogP contribution is 2.49. The van der Waals surface area contributed by atoms with Crippen LogP contribution < -0.4 is 4.90 Å². The molecule has 0 unspecified atom stereocenters. The lowest BCUT2D eigenvalue weighted by Gasteiger charge is -2.31. The molecule has 1 aliphatic carbocycles. The monoisotopic (exact) mass is 781 g/mol. The molecular weight excluding hydrogens is 735 g/mol. The van der Waals surface area contributed by atoms with Crippen LogP contribution in [-0.2, 0) is 0 Å². The van der Waals surface area contributed by atoms with Crippen molar-refractivity contribution in [1.29, 1.82) is 0 Å². The molecule has 1 nitrogen and oxygen atoms in total. The summed E-state index contributed by atoms with van der Waals surface area (Å²) in [7, 11) is 0. The minimum atomic E-state index is 0.578. The zero-order valence-corrected chi connectivity index (χ0v) is 34.3. The van der Waals surface area contributed by atoms with Gasteiger partial charge in [-0.1, -0.05) is 213 Å². The minimum Gasteiger partial charge on any atom is -0.309 e. The first kappa shape index (κ1) is 36.8. The van der Waals surface area contributed by atoms with Gasteiger partial charge < -0.3 is 4.90 Å². The molecule has 11 rings (SSSR count). The first-order valence-corrected chi connectivity index (χ1v) is 22.0. The molecule has 1 saturated carbocycles. The fourth-order valence-corrected chi connectivity index (χ4v) is 10.1. The van der Waals surface area contributed by atoms with Crippen molar-refractivity contribution in [1.82, 2.24) is 0 Å². The summed E-state index contributed by atoms with van der Waals surface area (Å²) in [5.41, 5.74) is 14.6. The second-order valence-corrected chi connectivity index (χ2v) is 16.6. The molecule has 0 aromatic heterocycles. The van der Waals surface area contributed by atoms with Gasteiger partial charge in [0.2, 0.25) is 0 Å². The van der Waals surface area contributed by atoms with Gasteiger partial charge in [0.05, 0.1) is 11.4 Å². The minimum absolute atomic E-state index is 0.578. The van der Waals surface area contributed by atoms with E-state index in [4.69, 9.17) is 0 Å². The van der Waals surface area contributed by atoms with Crippen LogP contribution in [0.25, 0.3) is 76.8 Å². The highest BCUT2D eigenvalue weighted by atomic mass is 15.1. The maximum Gasteiger partial charge on any atom is 0.0546 e. The van der Waals surface area contributed by atoms with Gasteiger partial charge in [-0.25, -0.2) is 0 Å². The molecule has 1 aliphatic rings. The van der Waals surface area contributed by atoms with Crippen molar-refractivity contribution in [3.05, 3.63) is 224 Å². The fourth-order valence-electron chi connectivity index (χ4n) is 10.1. The zero-order chi connectivity index (χ0) is 40.5. The highest BCUT2D eigenvalue weighted by Gasteiger charge is 2.25. The standard InChI is InChI=1S/C60H47N/c1-4-17-42(18-5-1)48-36-39-52(43-19-6-2-7-20-43)59(41-48)61(49-37-33-46(34-38-49)51-28-16-30-54-50-26-11-10-23-45(50)35-40-55(51)54)58-32-13-12-27-56(58)57-31-15-25-47-24-14-29-53(60(47)57)44-21-8-3-9-22-44/h1-2,4-7,10-20,23-41,44H,3,8-9,21-22H2. The molecule has 1 fully saturated rings. The van der Waals surface area contributed by atoms with Crippen LogP contribution in [0.15, 0.2) is 218 Å². The highest BCUT2D eigenvalue weighted by molar-refractivity contribution is 6.12. The van der Waals surface area contributed by atoms with Crippen molar-refractivity contribution < 1.29 is 0 Å². The summed E-state index contributed by atoms with van der Waals surface area (Å²) in [5.74, 6) is 0.578. The average Bonchev–Trinajstić information content (AvgIpc) is 3.34. The Labute approximate surface area is 359 Å². The molecular formula is C60H47N. The molecule has 10 aromatic carbocycles. The van der Waals surface area contributed by atoms with E-state index in [-0.39, 0.29) is 0 Å². The Morgan fingerprint density at radius 2 is 0.934 bits per heavy atom. The molecule has 61 heavy (non-hydrogen) atoms. The molecule has 1 heteroatoms. The van der Waals surface area contributed by atoms with Crippen molar-refractivity contribution >= 4 is 49.4 Å². The quantitative estimate of drug-likeness (QED) is 0.139. The summed E-state index contributed by atoms with van der Waals surface area (Å²) < 4.78 is 0. The van der Waals surface area contributed by atoms with Crippen LogP contribution in [0.3, 0.4) is 0 Å². The topological polar surface area (TPSA) is 3.24 Å². The predicted octanol–water partition coefficient (Wildman–Crippen LogP) is 17.3. The van der Waals surface area contributed by atoms with E-state index >= 15 is 0 Å². The maximum atomic E-state index is 2.52. The average molecular weight is 782 g/mol. The van der Waals surface area contributed by atoms with Gasteiger partial charge in [-0.05, 0) is 114 Å². The van der Waals surface area contributed by atoms with Crippen LogP contribution >= 0.6 is 0 Å². The lowest BCUT2D eigenvalue weighted by Crippen LogP contribution is -2.13. The summed E-state index contributed by atoms with van der Waals surface area (Å²) in [5, 5.41) is 7.80. The number of para-hydroxylation sites is 1. The van der Waals surface area contributed by atoms with Crippen molar-refractivity contribution in [3.63, 3.8) is 0 Å². The van der Waals surface area contributed by atoms with E-state index in [1.54, 1.807) is 0 Å². The van der Waals surface area contributed by atoms with E-state index in [1.165, 1.54) is 114 Å². The van der Waals surface area contributed by atoms with Crippen LogP contribution in [0, 0.1) is 0 Å². The van der Waals surface area contributed by atoms with Crippen molar-refractivity contribution in [3.8, 4) is 44.5 Å². The normalized spacial score (nSPS) is 13.2. The maximum absolute atomic E-state index is 2.52. The van der Waals surface area contributed by atoms with E-state index in [2.05, 4.69) is 223 Å². The molecule has 0 N–H and O–H groups in total. The van der Waals surface area contributed by atoms with Gasteiger partial charge in [-0.15, -0.1) is 0 Å². The van der Waals surface area contributed by atoms with E-state index in [1.807, 2.05) is 0 Å². The Balaban J connectivity index is 1.14. The Kier molecular flexibility index (Phi) is 9.71. The number of nitrogens with zero attached hydrogens (tertiary/aromatic N) is 1. The first-order chi connectivity index (χ1) is 30.3. The number of rotatable bonds is 8. The molecule has 0 bridgehead atoms. The summed E-state index contributed by atoms with van der Waals surface area (Å²) in [4.78, 5) is 2.52. The third kappa shape index (κ3) is 6.87. The predicted molar refractivity (Wildman–Crippen MR) is 261 cm³/mol. The SMILES string of the molecule is c1ccc(-c2ccc(-c3ccccc3)c(N(c3ccc(-c4cccc5c4ccc4ccccc45)cc3)c3ccccc3-c3cccc4cccc(C5CCCCC5)c34)c2)cc1. The Morgan fingerprint density at radius 1 is 0.328 bits per heavy atom. The summed E-state index contributed by atoms with van der Waals surface area (Å²) >= 11 is 0. The first-order valence-electron chi connectivity index (χ1n) is 22.0. The fraction of sp³-hybridized carbons (Fsp3) is 0.100. The van der Waals surface area contributed by atoms with Crippen LogP contribution in [0.1, 0.15) is 43.6 Å². The summed E-state index contributed by atoms with van der Waals surface area (Å²) in [6.45, 7) is 0. The van der Waals surface area contributed by atoms with Gasteiger partial charge in [-0.3, -0.25) is 0 Å². The summed E-state index contributed by atoms with van der Waals surface area (Å²) in [6, 6.07) is 80.9. The van der Waals surface area contributed by atoms with Crippen molar-refractivity contribution in [2.75, 3.05) is 4.90 Å². The Hall–Kier alpha value is -7.22. The third-order valence-electron chi connectivity index (χ3n) is 13.1. The Bertz CT molecular complexity index is 3150. The van der Waals surface area contributed by atoms with Crippen molar-refractivity contribution in [2.45, 2.75) is 38.0 Å². The molecule has 292 valence electrons. The second kappa shape index (κ2) is 16.1. The lowest BCUT2D eigenvalue weighted by atomic mass is 9.80. The second-order valence-electron chi connectivity index (χ2n) is 16.6. The molecule has 0 saturated heterocycles. The smallest absolute Gasteiger partial charge is 0.0546 e. The van der Waals surface area contributed by atoms with Crippen LogP contribution in [0.4, 0.5) is 17.1 Å². The number of anilines is 3. The third-order valence-corrected chi connectivity index (χ3v) is 13.1. The van der Waals surface area contributed by atoms with Gasteiger partial charge in [0, 0.05) is 16.8 Å². The summed E-state index contributed by atoms with van der Waals surface area (Å²) in [6.07, 6.45) is 6.46. The van der Waals surface area contributed by atoms with Crippen LogP contribution in [-0.4, -0.2) is 0 Å². The van der Waals surface area contributed by atoms with Gasteiger partial charge >= 0.3 is 0 Å². The van der Waals surface area contributed by atoms with Gasteiger partial charge in [0.25, 0.3) is 0 Å². The van der Waals surface area contributed by atoms with Crippen molar-refractivity contribution in [2.24, 2.45) is 0 Å². The number of hydrogen-bond acceptors (Lipinski definition) is 1. The molecule has 0 heterocycles. The van der Waals surface area contributed by atoms with Crippen LogP contribution in [0.2, 0.25) is 0 Å². The molecule has 0 aliphatic heterocycles. The number of fused-ring (bicyclic) bond motifs is 4. The van der Waals surface area contributed by atoms with E-state index in [0.29, 0.717) is 5.92 Å². The van der Waals surface area contributed by atoms with Gasteiger partial charge in [0.15, 0.2) is 0 Å². The molecule has 0 radical (unpaired) electrons. The van der Waals surface area contributed by atoms with E-state index in [0.717, 1.165) is 17.1 Å². The molecule has 10 aromatic rings. The van der Waals surface area contributed by atoms with Crippen LogP contribution in [0.5, 0.6) is 0 Å². The van der Waals surface area contributed by atoms with E-state index < -0.39 is 0 Å². The number of benzene rings is 10. The largest absolute Gasteiger partial charge is 0.309 e. The molecule has 0 spiro atoms.